The number of carbonyl (C=O) groups is 1. The second-order valence-corrected chi connectivity index (χ2v) is 6.94. The molecule has 0 radical (unpaired) electrons. The van der Waals surface area contributed by atoms with Gasteiger partial charge in [0.15, 0.2) is 0 Å². The Kier molecular flexibility index (Phi) is 5.54. The number of nitrogens with one attached hydrogen (secondary N) is 1. The number of ether oxygens (including phenoxy) is 1. The molecule has 0 aliphatic rings. The first-order valence-corrected chi connectivity index (χ1v) is 8.06. The molecule has 0 saturated carbocycles. The summed E-state index contributed by atoms with van der Waals surface area (Å²) in [7, 11) is 1.65. The molecule has 1 N–H and O–H groups in total. The van der Waals surface area contributed by atoms with Crippen molar-refractivity contribution in [3.63, 3.8) is 0 Å². The molecule has 2 aromatic rings. The van der Waals surface area contributed by atoms with Gasteiger partial charge in [0.05, 0.1) is 12.7 Å². The molecule has 5 heteroatoms. The van der Waals surface area contributed by atoms with Crippen LogP contribution in [-0.4, -0.2) is 29.0 Å². The van der Waals surface area contributed by atoms with E-state index in [-0.39, 0.29) is 17.4 Å². The number of benzene rings is 1. The number of rotatable bonds is 5. The van der Waals surface area contributed by atoms with Gasteiger partial charge in [0.1, 0.15) is 11.6 Å². The minimum atomic E-state index is -0.169. The Morgan fingerprint density at radius 3 is 2.42 bits per heavy atom. The van der Waals surface area contributed by atoms with Gasteiger partial charge in [-0.2, -0.15) is 0 Å². The van der Waals surface area contributed by atoms with E-state index in [4.69, 9.17) is 4.74 Å². The summed E-state index contributed by atoms with van der Waals surface area (Å²) in [4.78, 5) is 20.9. The fourth-order valence-corrected chi connectivity index (χ4v) is 2.39. The minimum absolute atomic E-state index is 0.0314. The van der Waals surface area contributed by atoms with Crippen molar-refractivity contribution in [3.8, 4) is 5.75 Å². The van der Waals surface area contributed by atoms with Crippen molar-refractivity contribution in [1.29, 1.82) is 0 Å². The van der Waals surface area contributed by atoms with Crippen LogP contribution in [0.5, 0.6) is 5.75 Å². The molecule has 1 amide bonds. The number of para-hydroxylation sites is 1. The van der Waals surface area contributed by atoms with Gasteiger partial charge in [0, 0.05) is 23.9 Å². The third-order valence-corrected chi connectivity index (χ3v) is 3.68. The number of hydrogen-bond donors (Lipinski definition) is 1. The molecule has 24 heavy (non-hydrogen) atoms. The summed E-state index contributed by atoms with van der Waals surface area (Å²) in [6.45, 7) is 8.08. The Balaban J connectivity index is 2.01. The summed E-state index contributed by atoms with van der Waals surface area (Å²) in [5.41, 5.74) is 1.40. The van der Waals surface area contributed by atoms with E-state index in [1.165, 1.54) is 0 Å². The van der Waals surface area contributed by atoms with Crippen molar-refractivity contribution in [2.45, 2.75) is 45.6 Å². The fraction of sp³-hybridized carbons (Fsp3) is 0.421. The number of amides is 1. The minimum Gasteiger partial charge on any atom is -0.496 e. The number of methoxy groups -OCH3 is 1. The highest BCUT2D eigenvalue weighted by Gasteiger charge is 2.18. The van der Waals surface area contributed by atoms with Crippen molar-refractivity contribution in [1.82, 2.24) is 15.3 Å². The molecule has 0 fully saturated rings. The van der Waals surface area contributed by atoms with E-state index in [1.807, 2.05) is 52.0 Å². The maximum Gasteiger partial charge on any atom is 0.254 e. The van der Waals surface area contributed by atoms with Gasteiger partial charge in [-0.25, -0.2) is 9.97 Å². The van der Waals surface area contributed by atoms with Crippen molar-refractivity contribution in [2.24, 2.45) is 0 Å². The number of aromatic nitrogens is 2. The lowest BCUT2D eigenvalue weighted by Gasteiger charge is -2.17. The predicted molar refractivity (Wildman–Crippen MR) is 94.4 cm³/mol. The van der Waals surface area contributed by atoms with Gasteiger partial charge in [-0.3, -0.25) is 4.79 Å². The van der Waals surface area contributed by atoms with Crippen molar-refractivity contribution < 1.29 is 9.53 Å². The van der Waals surface area contributed by atoms with Gasteiger partial charge in [-0.15, -0.1) is 0 Å². The van der Waals surface area contributed by atoms with Gasteiger partial charge in [0.2, 0.25) is 0 Å². The van der Waals surface area contributed by atoms with Crippen LogP contribution < -0.4 is 10.1 Å². The van der Waals surface area contributed by atoms with Gasteiger partial charge in [-0.05, 0) is 25.0 Å². The Morgan fingerprint density at radius 1 is 1.21 bits per heavy atom. The SMILES string of the molecule is COc1ccccc1C[C@H](C)NC(=O)c1cnc(C(C)(C)C)nc1. The molecule has 2 rings (SSSR count). The average Bonchev–Trinajstić information content (AvgIpc) is 2.54. The average molecular weight is 327 g/mol. The third kappa shape index (κ3) is 4.54. The Hall–Kier alpha value is -2.43. The molecule has 0 unspecified atom stereocenters. The molecule has 5 nitrogen and oxygen atoms in total. The second-order valence-electron chi connectivity index (χ2n) is 6.94. The lowest BCUT2D eigenvalue weighted by Crippen LogP contribution is -2.34. The highest BCUT2D eigenvalue weighted by molar-refractivity contribution is 5.93. The van der Waals surface area contributed by atoms with E-state index in [9.17, 15) is 4.79 Å². The number of hydrogen-bond acceptors (Lipinski definition) is 4. The molecule has 0 aliphatic carbocycles. The van der Waals surface area contributed by atoms with Crippen LogP contribution in [0.15, 0.2) is 36.7 Å². The molecule has 0 saturated heterocycles. The summed E-state index contributed by atoms with van der Waals surface area (Å²) in [6, 6.07) is 7.78. The molecule has 128 valence electrons. The van der Waals surface area contributed by atoms with E-state index in [0.717, 1.165) is 17.1 Å². The Bertz CT molecular complexity index is 691. The molecular weight excluding hydrogens is 302 g/mol. The molecule has 0 spiro atoms. The largest absolute Gasteiger partial charge is 0.496 e. The normalized spacial score (nSPS) is 12.5. The first kappa shape index (κ1) is 17.9. The van der Waals surface area contributed by atoms with E-state index >= 15 is 0 Å². The van der Waals surface area contributed by atoms with Crippen molar-refractivity contribution in [2.75, 3.05) is 7.11 Å². The number of nitrogens with zero attached hydrogens (tertiary/aromatic N) is 2. The quantitative estimate of drug-likeness (QED) is 0.916. The highest BCUT2D eigenvalue weighted by Crippen LogP contribution is 2.19. The molecular formula is C19H25N3O2. The molecule has 1 aromatic carbocycles. The maximum atomic E-state index is 12.3. The summed E-state index contributed by atoms with van der Waals surface area (Å²) in [6.07, 6.45) is 3.86. The van der Waals surface area contributed by atoms with Gasteiger partial charge in [-0.1, -0.05) is 39.0 Å². The van der Waals surface area contributed by atoms with Crippen LogP contribution >= 0.6 is 0 Å². The van der Waals surface area contributed by atoms with Crippen LogP contribution in [-0.2, 0) is 11.8 Å². The van der Waals surface area contributed by atoms with Crippen molar-refractivity contribution in [3.05, 3.63) is 53.6 Å². The molecule has 0 bridgehead atoms. The lowest BCUT2D eigenvalue weighted by molar-refractivity contribution is 0.0939. The van der Waals surface area contributed by atoms with Crippen molar-refractivity contribution >= 4 is 5.91 Å². The van der Waals surface area contributed by atoms with Crippen LogP contribution in [0.3, 0.4) is 0 Å². The first-order chi connectivity index (χ1) is 11.3. The summed E-state index contributed by atoms with van der Waals surface area (Å²) in [5, 5.41) is 2.98. The van der Waals surface area contributed by atoms with E-state index in [1.54, 1.807) is 19.5 Å². The van der Waals surface area contributed by atoms with Crippen LogP contribution in [0, 0.1) is 0 Å². The van der Waals surface area contributed by atoms with E-state index < -0.39 is 0 Å². The summed E-state index contributed by atoms with van der Waals surface area (Å²) in [5.74, 6) is 1.38. The maximum absolute atomic E-state index is 12.3. The zero-order valence-electron chi connectivity index (χ0n) is 15.0. The molecule has 1 heterocycles. The summed E-state index contributed by atoms with van der Waals surface area (Å²) < 4.78 is 5.35. The highest BCUT2D eigenvalue weighted by atomic mass is 16.5. The fourth-order valence-electron chi connectivity index (χ4n) is 2.39. The zero-order valence-corrected chi connectivity index (χ0v) is 15.0. The summed E-state index contributed by atoms with van der Waals surface area (Å²) >= 11 is 0. The van der Waals surface area contributed by atoms with Crippen LogP contribution in [0.25, 0.3) is 0 Å². The van der Waals surface area contributed by atoms with Gasteiger partial charge in [0.25, 0.3) is 5.91 Å². The Labute approximate surface area is 143 Å². The van der Waals surface area contributed by atoms with Crippen LogP contribution in [0.1, 0.15) is 49.4 Å². The second kappa shape index (κ2) is 7.43. The lowest BCUT2D eigenvalue weighted by atomic mass is 9.96. The smallest absolute Gasteiger partial charge is 0.254 e. The van der Waals surface area contributed by atoms with E-state index in [2.05, 4.69) is 15.3 Å². The predicted octanol–water partition coefficient (Wildman–Crippen LogP) is 3.14. The standard InChI is InChI=1S/C19H25N3O2/c1-13(10-14-8-6-7-9-16(14)24-5)22-17(23)15-11-20-18(21-12-15)19(2,3)4/h6-9,11-13H,10H2,1-5H3,(H,22,23)/t13-/m0/s1. The molecule has 1 aromatic heterocycles. The zero-order chi connectivity index (χ0) is 17.7. The third-order valence-electron chi connectivity index (χ3n) is 3.68. The Morgan fingerprint density at radius 2 is 1.83 bits per heavy atom. The van der Waals surface area contributed by atoms with E-state index in [0.29, 0.717) is 12.0 Å². The van der Waals surface area contributed by atoms with Crippen LogP contribution in [0.4, 0.5) is 0 Å². The topological polar surface area (TPSA) is 64.1 Å². The van der Waals surface area contributed by atoms with Crippen LogP contribution in [0.2, 0.25) is 0 Å². The van der Waals surface area contributed by atoms with Gasteiger partial charge < -0.3 is 10.1 Å². The molecule has 1 atom stereocenters. The number of carbonyl (C=O) groups excluding carboxylic acids is 1. The molecule has 0 aliphatic heterocycles. The first-order valence-electron chi connectivity index (χ1n) is 8.06. The van der Waals surface area contributed by atoms with Gasteiger partial charge >= 0.3 is 0 Å². The monoisotopic (exact) mass is 327 g/mol.